The third kappa shape index (κ3) is 3.62. The Kier molecular flexibility index (Phi) is 3.96. The Labute approximate surface area is 110 Å². The van der Waals surface area contributed by atoms with Crippen molar-refractivity contribution in [3.05, 3.63) is 47.7 Å². The molecular weight excluding hydrogens is 269 g/mol. The van der Waals surface area contributed by atoms with Crippen LogP contribution < -0.4 is 4.72 Å². The Balaban J connectivity index is 1.93. The molecule has 0 fully saturated rings. The van der Waals surface area contributed by atoms with Gasteiger partial charge in [-0.05, 0) is 31.0 Å². The van der Waals surface area contributed by atoms with Crippen molar-refractivity contribution in [1.29, 1.82) is 0 Å². The minimum Gasteiger partial charge on any atom is -0.332 e. The first-order valence-corrected chi connectivity index (χ1v) is 7.21. The van der Waals surface area contributed by atoms with Gasteiger partial charge in [-0.3, -0.25) is 0 Å². The van der Waals surface area contributed by atoms with Crippen LogP contribution in [0.4, 0.5) is 4.39 Å². The molecular formula is C12H14FN3O2S. The number of halogens is 1. The number of rotatable bonds is 5. The number of H-pyrrole nitrogens is 1. The lowest BCUT2D eigenvalue weighted by Gasteiger charge is -2.04. The summed E-state index contributed by atoms with van der Waals surface area (Å²) in [7, 11) is -3.56. The standard InChI is InChI=1S/C12H14FN3O2S/c1-9-14-8-12(16-9)19(17,18)15-7-6-10-2-4-11(13)5-3-10/h2-5,8,15H,6-7H2,1H3,(H,14,16). The minimum atomic E-state index is -3.56. The Hall–Kier alpha value is -1.73. The van der Waals surface area contributed by atoms with Gasteiger partial charge in [-0.1, -0.05) is 12.1 Å². The summed E-state index contributed by atoms with van der Waals surface area (Å²) in [4.78, 5) is 6.50. The maximum atomic E-state index is 12.7. The fraction of sp³-hybridized carbons (Fsp3) is 0.250. The fourth-order valence-corrected chi connectivity index (χ4v) is 2.59. The first kappa shape index (κ1) is 13.7. The van der Waals surface area contributed by atoms with Crippen molar-refractivity contribution in [2.45, 2.75) is 18.4 Å². The van der Waals surface area contributed by atoms with Crippen LogP contribution in [0, 0.1) is 12.7 Å². The number of benzene rings is 1. The topological polar surface area (TPSA) is 74.8 Å². The van der Waals surface area contributed by atoms with Crippen LogP contribution in [-0.2, 0) is 16.4 Å². The van der Waals surface area contributed by atoms with Gasteiger partial charge in [0, 0.05) is 6.54 Å². The SMILES string of the molecule is Cc1ncc(S(=O)(=O)NCCc2ccc(F)cc2)[nH]1. The van der Waals surface area contributed by atoms with Gasteiger partial charge in [0.15, 0.2) is 5.03 Å². The van der Waals surface area contributed by atoms with Gasteiger partial charge >= 0.3 is 0 Å². The zero-order valence-electron chi connectivity index (χ0n) is 10.4. The molecule has 0 bridgehead atoms. The van der Waals surface area contributed by atoms with Crippen LogP contribution in [0.2, 0.25) is 0 Å². The van der Waals surface area contributed by atoms with Gasteiger partial charge in [-0.15, -0.1) is 0 Å². The first-order valence-electron chi connectivity index (χ1n) is 5.73. The highest BCUT2D eigenvalue weighted by atomic mass is 32.2. The van der Waals surface area contributed by atoms with Crippen LogP contribution in [0.5, 0.6) is 0 Å². The molecule has 0 saturated heterocycles. The van der Waals surface area contributed by atoms with Crippen molar-refractivity contribution in [2.75, 3.05) is 6.54 Å². The minimum absolute atomic E-state index is 0.0455. The molecule has 2 rings (SSSR count). The molecule has 0 aliphatic rings. The number of aryl methyl sites for hydroxylation is 1. The zero-order valence-corrected chi connectivity index (χ0v) is 11.2. The maximum absolute atomic E-state index is 12.7. The van der Waals surface area contributed by atoms with E-state index in [-0.39, 0.29) is 17.4 Å². The number of aromatic nitrogens is 2. The number of aromatic amines is 1. The fourth-order valence-electron chi connectivity index (χ4n) is 1.59. The van der Waals surface area contributed by atoms with Gasteiger partial charge in [-0.2, -0.15) is 0 Å². The average molecular weight is 283 g/mol. The molecule has 0 atom stereocenters. The summed E-state index contributed by atoms with van der Waals surface area (Å²) >= 11 is 0. The lowest BCUT2D eigenvalue weighted by molar-refractivity contribution is 0.578. The number of nitrogens with zero attached hydrogens (tertiary/aromatic N) is 1. The van der Waals surface area contributed by atoms with Crippen molar-refractivity contribution in [3.63, 3.8) is 0 Å². The van der Waals surface area contributed by atoms with E-state index in [9.17, 15) is 12.8 Å². The van der Waals surface area contributed by atoms with E-state index in [1.54, 1.807) is 19.1 Å². The van der Waals surface area contributed by atoms with E-state index in [4.69, 9.17) is 0 Å². The van der Waals surface area contributed by atoms with E-state index < -0.39 is 10.0 Å². The zero-order chi connectivity index (χ0) is 13.9. The second-order valence-corrected chi connectivity index (χ2v) is 5.84. The van der Waals surface area contributed by atoms with Crippen LogP contribution in [0.25, 0.3) is 0 Å². The molecule has 7 heteroatoms. The molecule has 1 aromatic heterocycles. The summed E-state index contributed by atoms with van der Waals surface area (Å²) in [6.07, 6.45) is 1.77. The van der Waals surface area contributed by atoms with Gasteiger partial charge in [0.05, 0.1) is 6.20 Å². The van der Waals surface area contributed by atoms with Crippen molar-refractivity contribution in [3.8, 4) is 0 Å². The highest BCUT2D eigenvalue weighted by molar-refractivity contribution is 7.89. The van der Waals surface area contributed by atoms with Crippen LogP contribution in [0.15, 0.2) is 35.5 Å². The maximum Gasteiger partial charge on any atom is 0.257 e. The molecule has 0 saturated carbocycles. The van der Waals surface area contributed by atoms with E-state index in [1.807, 2.05) is 0 Å². The lowest BCUT2D eigenvalue weighted by Crippen LogP contribution is -2.26. The average Bonchev–Trinajstić information content (AvgIpc) is 2.79. The summed E-state index contributed by atoms with van der Waals surface area (Å²) in [6, 6.07) is 5.96. The molecule has 2 aromatic rings. The Morgan fingerprint density at radius 2 is 2.00 bits per heavy atom. The molecule has 1 aromatic carbocycles. The number of nitrogens with one attached hydrogen (secondary N) is 2. The molecule has 0 unspecified atom stereocenters. The van der Waals surface area contributed by atoms with E-state index in [2.05, 4.69) is 14.7 Å². The van der Waals surface area contributed by atoms with Crippen molar-refractivity contribution >= 4 is 10.0 Å². The monoisotopic (exact) mass is 283 g/mol. The largest absolute Gasteiger partial charge is 0.332 e. The van der Waals surface area contributed by atoms with Crippen LogP contribution >= 0.6 is 0 Å². The molecule has 2 N–H and O–H groups in total. The third-order valence-electron chi connectivity index (χ3n) is 2.59. The quantitative estimate of drug-likeness (QED) is 0.870. The van der Waals surface area contributed by atoms with Gasteiger partial charge in [0.25, 0.3) is 10.0 Å². The Morgan fingerprint density at radius 3 is 2.58 bits per heavy atom. The highest BCUT2D eigenvalue weighted by Gasteiger charge is 2.15. The molecule has 0 spiro atoms. The summed E-state index contributed by atoms with van der Waals surface area (Å²) < 4.78 is 38.9. The Morgan fingerprint density at radius 1 is 1.32 bits per heavy atom. The predicted octanol–water partition coefficient (Wildman–Crippen LogP) is 1.38. The van der Waals surface area contributed by atoms with Crippen molar-refractivity contribution < 1.29 is 12.8 Å². The second kappa shape index (κ2) is 5.50. The first-order chi connectivity index (χ1) is 8.97. The number of sulfonamides is 1. The predicted molar refractivity (Wildman–Crippen MR) is 68.6 cm³/mol. The molecule has 102 valence electrons. The van der Waals surface area contributed by atoms with E-state index in [1.165, 1.54) is 18.3 Å². The summed E-state index contributed by atoms with van der Waals surface area (Å²) in [5, 5.41) is 0.0455. The lowest BCUT2D eigenvalue weighted by atomic mass is 10.1. The highest BCUT2D eigenvalue weighted by Crippen LogP contribution is 2.06. The number of hydrogen-bond donors (Lipinski definition) is 2. The normalized spacial score (nSPS) is 11.7. The van der Waals surface area contributed by atoms with Crippen molar-refractivity contribution in [1.82, 2.24) is 14.7 Å². The van der Waals surface area contributed by atoms with Gasteiger partial charge in [0.2, 0.25) is 0 Å². The van der Waals surface area contributed by atoms with Gasteiger partial charge < -0.3 is 4.98 Å². The summed E-state index contributed by atoms with van der Waals surface area (Å²) in [6.45, 7) is 1.92. The Bertz CT molecular complexity index is 650. The van der Waals surface area contributed by atoms with Crippen LogP contribution in [0.3, 0.4) is 0 Å². The van der Waals surface area contributed by atoms with E-state index in [0.717, 1.165) is 5.56 Å². The molecule has 5 nitrogen and oxygen atoms in total. The molecule has 19 heavy (non-hydrogen) atoms. The van der Waals surface area contributed by atoms with Gasteiger partial charge in [-0.25, -0.2) is 22.5 Å². The van der Waals surface area contributed by atoms with E-state index >= 15 is 0 Å². The van der Waals surface area contributed by atoms with Crippen LogP contribution in [0.1, 0.15) is 11.4 Å². The molecule has 0 radical (unpaired) electrons. The van der Waals surface area contributed by atoms with Crippen molar-refractivity contribution in [2.24, 2.45) is 0 Å². The molecule has 0 aliphatic carbocycles. The summed E-state index contributed by atoms with van der Waals surface area (Å²) in [5.74, 6) is 0.233. The molecule has 0 amide bonds. The molecule has 1 heterocycles. The van der Waals surface area contributed by atoms with Crippen LogP contribution in [-0.4, -0.2) is 24.9 Å². The molecule has 0 aliphatic heterocycles. The number of imidazole rings is 1. The number of hydrogen-bond acceptors (Lipinski definition) is 3. The second-order valence-electron chi connectivity index (χ2n) is 4.11. The summed E-state index contributed by atoms with van der Waals surface area (Å²) in [5.41, 5.74) is 0.866. The van der Waals surface area contributed by atoms with E-state index in [0.29, 0.717) is 12.2 Å². The van der Waals surface area contributed by atoms with Gasteiger partial charge in [0.1, 0.15) is 11.6 Å². The third-order valence-corrected chi connectivity index (χ3v) is 3.96. The smallest absolute Gasteiger partial charge is 0.257 e.